The van der Waals surface area contributed by atoms with Crippen LogP contribution in [0.4, 0.5) is 4.39 Å². The monoisotopic (exact) mass is 251 g/mol. The summed E-state index contributed by atoms with van der Waals surface area (Å²) < 4.78 is 13.8. The van der Waals surface area contributed by atoms with Crippen LogP contribution in [0.25, 0.3) is 21.9 Å². The summed E-state index contributed by atoms with van der Waals surface area (Å²) >= 11 is 0. The minimum Gasteiger partial charge on any atom is -0.298 e. The van der Waals surface area contributed by atoms with Crippen molar-refractivity contribution in [3.05, 3.63) is 66.2 Å². The number of nitrogens with zero attached hydrogens (tertiary/aromatic N) is 1. The molecule has 92 valence electrons. The molecule has 0 aliphatic heterocycles. The first-order valence-corrected chi connectivity index (χ1v) is 5.87. The summed E-state index contributed by atoms with van der Waals surface area (Å²) in [5, 5.41) is 1.38. The van der Waals surface area contributed by atoms with E-state index in [0.29, 0.717) is 10.9 Å². The van der Waals surface area contributed by atoms with E-state index in [-0.39, 0.29) is 5.82 Å². The van der Waals surface area contributed by atoms with Crippen LogP contribution in [0.5, 0.6) is 0 Å². The third kappa shape index (κ3) is 1.99. The van der Waals surface area contributed by atoms with E-state index in [1.54, 1.807) is 30.5 Å². The Hall–Kier alpha value is -2.55. The molecule has 0 N–H and O–H groups in total. The number of pyridine rings is 1. The lowest BCUT2D eigenvalue weighted by Crippen LogP contribution is -1.88. The van der Waals surface area contributed by atoms with Crippen molar-refractivity contribution in [2.24, 2.45) is 0 Å². The first kappa shape index (κ1) is 11.5. The molecular weight excluding hydrogens is 241 g/mol. The van der Waals surface area contributed by atoms with Gasteiger partial charge in [-0.2, -0.15) is 0 Å². The van der Waals surface area contributed by atoms with Crippen LogP contribution in [0.1, 0.15) is 10.4 Å². The summed E-state index contributed by atoms with van der Waals surface area (Å²) in [6.45, 7) is 0. The van der Waals surface area contributed by atoms with E-state index >= 15 is 0 Å². The van der Waals surface area contributed by atoms with Gasteiger partial charge < -0.3 is 0 Å². The minimum absolute atomic E-state index is 0.251. The Morgan fingerprint density at radius 2 is 1.79 bits per heavy atom. The van der Waals surface area contributed by atoms with Gasteiger partial charge >= 0.3 is 0 Å². The van der Waals surface area contributed by atoms with Gasteiger partial charge in [-0.25, -0.2) is 4.39 Å². The van der Waals surface area contributed by atoms with E-state index in [0.717, 1.165) is 22.8 Å². The van der Waals surface area contributed by atoms with Crippen molar-refractivity contribution >= 4 is 17.1 Å². The van der Waals surface area contributed by atoms with Gasteiger partial charge in [-0.15, -0.1) is 0 Å². The lowest BCUT2D eigenvalue weighted by molar-refractivity contribution is 0.112. The summed E-state index contributed by atoms with van der Waals surface area (Å²) in [6.07, 6.45) is 3.93. The van der Waals surface area contributed by atoms with Gasteiger partial charge in [-0.3, -0.25) is 9.78 Å². The summed E-state index contributed by atoms with van der Waals surface area (Å²) in [4.78, 5) is 14.8. The standard InChI is InChI=1S/C16H10FNO/c17-16-6-5-13(14-3-1-2-4-15(14)16)12-7-11(10-19)8-18-9-12/h1-10H. The highest BCUT2D eigenvalue weighted by atomic mass is 19.1. The predicted octanol–water partition coefficient (Wildman–Crippen LogP) is 3.85. The zero-order valence-electron chi connectivity index (χ0n) is 10.0. The van der Waals surface area contributed by atoms with Crippen molar-refractivity contribution in [1.29, 1.82) is 0 Å². The molecule has 0 atom stereocenters. The van der Waals surface area contributed by atoms with Gasteiger partial charge in [-0.05, 0) is 23.1 Å². The first-order valence-electron chi connectivity index (χ1n) is 5.87. The molecule has 2 aromatic carbocycles. The smallest absolute Gasteiger partial charge is 0.151 e. The largest absolute Gasteiger partial charge is 0.298 e. The zero-order valence-corrected chi connectivity index (χ0v) is 10.0. The number of fused-ring (bicyclic) bond motifs is 1. The molecule has 0 aliphatic carbocycles. The number of rotatable bonds is 2. The van der Waals surface area contributed by atoms with Crippen LogP contribution in [0, 0.1) is 5.82 Å². The molecule has 3 heteroatoms. The third-order valence-electron chi connectivity index (χ3n) is 3.08. The van der Waals surface area contributed by atoms with Gasteiger partial charge in [0.05, 0.1) is 0 Å². The van der Waals surface area contributed by atoms with E-state index in [9.17, 15) is 9.18 Å². The Balaban J connectivity index is 2.30. The Morgan fingerprint density at radius 3 is 2.58 bits per heavy atom. The Labute approximate surface area is 109 Å². The van der Waals surface area contributed by atoms with Crippen molar-refractivity contribution < 1.29 is 9.18 Å². The van der Waals surface area contributed by atoms with E-state index in [2.05, 4.69) is 4.98 Å². The van der Waals surface area contributed by atoms with Gasteiger partial charge in [0.25, 0.3) is 0 Å². The van der Waals surface area contributed by atoms with Crippen LogP contribution < -0.4 is 0 Å². The van der Waals surface area contributed by atoms with Gasteiger partial charge in [-0.1, -0.05) is 30.3 Å². The Bertz CT molecular complexity index is 768. The van der Waals surface area contributed by atoms with Gasteiger partial charge in [0.1, 0.15) is 5.82 Å². The number of hydrogen-bond donors (Lipinski definition) is 0. The van der Waals surface area contributed by atoms with Gasteiger partial charge in [0.15, 0.2) is 6.29 Å². The maximum atomic E-state index is 13.8. The number of carbonyl (C=O) groups excluding carboxylic acids is 1. The summed E-state index contributed by atoms with van der Waals surface area (Å²) in [7, 11) is 0. The highest BCUT2D eigenvalue weighted by molar-refractivity contribution is 5.97. The minimum atomic E-state index is -0.251. The molecule has 0 saturated carbocycles. The molecular formula is C16H10FNO. The normalized spacial score (nSPS) is 10.6. The second kappa shape index (κ2) is 4.61. The second-order valence-corrected chi connectivity index (χ2v) is 4.27. The Morgan fingerprint density at radius 1 is 1.00 bits per heavy atom. The molecule has 0 bridgehead atoms. The van der Waals surface area contributed by atoms with Crippen molar-refractivity contribution in [1.82, 2.24) is 4.98 Å². The molecule has 1 heterocycles. The molecule has 0 spiro atoms. The first-order chi connectivity index (χ1) is 9.29. The molecule has 2 nitrogen and oxygen atoms in total. The molecule has 0 unspecified atom stereocenters. The molecule has 19 heavy (non-hydrogen) atoms. The Kier molecular flexibility index (Phi) is 2.80. The molecule has 3 aromatic rings. The zero-order chi connectivity index (χ0) is 13.2. The van der Waals surface area contributed by atoms with Crippen LogP contribution in [-0.4, -0.2) is 11.3 Å². The van der Waals surface area contributed by atoms with Crippen molar-refractivity contribution in [2.45, 2.75) is 0 Å². The van der Waals surface area contributed by atoms with Crippen molar-refractivity contribution in [3.63, 3.8) is 0 Å². The van der Waals surface area contributed by atoms with E-state index < -0.39 is 0 Å². The van der Waals surface area contributed by atoms with Crippen LogP contribution in [0.15, 0.2) is 54.9 Å². The van der Waals surface area contributed by atoms with Crippen LogP contribution in [0.3, 0.4) is 0 Å². The SMILES string of the molecule is O=Cc1cncc(-c2ccc(F)c3ccccc23)c1. The maximum Gasteiger partial charge on any atom is 0.151 e. The average molecular weight is 251 g/mol. The molecule has 3 rings (SSSR count). The lowest BCUT2D eigenvalue weighted by Gasteiger charge is -2.07. The summed E-state index contributed by atoms with van der Waals surface area (Å²) in [5.41, 5.74) is 2.18. The number of aromatic nitrogens is 1. The van der Waals surface area contributed by atoms with Gasteiger partial charge in [0, 0.05) is 28.9 Å². The maximum absolute atomic E-state index is 13.8. The molecule has 1 aromatic heterocycles. The third-order valence-corrected chi connectivity index (χ3v) is 3.08. The molecule has 0 radical (unpaired) electrons. The number of halogens is 1. The number of hydrogen-bond acceptors (Lipinski definition) is 2. The van der Waals surface area contributed by atoms with Crippen LogP contribution >= 0.6 is 0 Å². The average Bonchev–Trinajstić information content (AvgIpc) is 2.48. The van der Waals surface area contributed by atoms with E-state index in [1.807, 2.05) is 12.1 Å². The summed E-state index contributed by atoms with van der Waals surface area (Å²) in [6, 6.07) is 12.2. The van der Waals surface area contributed by atoms with Crippen molar-refractivity contribution in [2.75, 3.05) is 0 Å². The number of benzene rings is 2. The molecule has 0 saturated heterocycles. The summed E-state index contributed by atoms with van der Waals surface area (Å²) in [5.74, 6) is -0.251. The fourth-order valence-corrected chi connectivity index (χ4v) is 2.18. The second-order valence-electron chi connectivity index (χ2n) is 4.27. The highest BCUT2D eigenvalue weighted by Crippen LogP contribution is 2.29. The number of carbonyl (C=O) groups is 1. The predicted molar refractivity (Wildman–Crippen MR) is 72.5 cm³/mol. The van der Waals surface area contributed by atoms with E-state index in [4.69, 9.17) is 0 Å². The van der Waals surface area contributed by atoms with Gasteiger partial charge in [0.2, 0.25) is 0 Å². The molecule has 0 aliphatic rings. The van der Waals surface area contributed by atoms with Crippen LogP contribution in [-0.2, 0) is 0 Å². The fraction of sp³-hybridized carbons (Fsp3) is 0. The fourth-order valence-electron chi connectivity index (χ4n) is 2.18. The van der Waals surface area contributed by atoms with Crippen molar-refractivity contribution in [3.8, 4) is 11.1 Å². The lowest BCUT2D eigenvalue weighted by atomic mass is 9.98. The molecule has 0 fully saturated rings. The van der Waals surface area contributed by atoms with E-state index in [1.165, 1.54) is 12.3 Å². The highest BCUT2D eigenvalue weighted by Gasteiger charge is 2.07. The molecule has 0 amide bonds. The number of aldehydes is 1. The van der Waals surface area contributed by atoms with Crippen LogP contribution in [0.2, 0.25) is 0 Å². The topological polar surface area (TPSA) is 30.0 Å². The quantitative estimate of drug-likeness (QED) is 0.647.